The van der Waals surface area contributed by atoms with Crippen molar-refractivity contribution in [2.75, 3.05) is 0 Å². The van der Waals surface area contributed by atoms with E-state index < -0.39 is 0 Å². The van der Waals surface area contributed by atoms with Crippen LogP contribution in [0.25, 0.3) is 6.08 Å². The molecule has 0 fully saturated rings. The lowest BCUT2D eigenvalue weighted by atomic mass is 10.2. The molecule has 1 nitrogen and oxygen atoms in total. The van der Waals surface area contributed by atoms with Gasteiger partial charge in [-0.15, -0.1) is 9.24 Å². The smallest absolute Gasteiger partial charge is 0.142 e. The van der Waals surface area contributed by atoms with Crippen molar-refractivity contribution >= 4 is 26.9 Å². The highest BCUT2D eigenvalue weighted by Crippen LogP contribution is 2.00. The van der Waals surface area contributed by atoms with Gasteiger partial charge in [0.25, 0.3) is 0 Å². The van der Waals surface area contributed by atoms with Crippen molar-refractivity contribution in [2.45, 2.75) is 0 Å². The second kappa shape index (κ2) is 4.05. The first kappa shape index (κ1) is 8.16. The van der Waals surface area contributed by atoms with Crippen molar-refractivity contribution in [3.63, 3.8) is 0 Å². The van der Waals surface area contributed by atoms with Crippen molar-refractivity contribution in [1.29, 1.82) is 0 Å². The number of carbonyl (C=O) groups is 1. The van der Waals surface area contributed by atoms with Crippen molar-refractivity contribution in [2.24, 2.45) is 0 Å². The van der Waals surface area contributed by atoms with E-state index in [1.54, 1.807) is 6.08 Å². The number of carbonyl (C=O) groups excluding carboxylic acids is 1. The minimum Gasteiger partial charge on any atom is -0.299 e. The van der Waals surface area contributed by atoms with Crippen LogP contribution < -0.4 is 5.30 Å². The highest BCUT2D eigenvalue weighted by Gasteiger charge is 1.84. The van der Waals surface area contributed by atoms with Crippen molar-refractivity contribution in [3.8, 4) is 0 Å². The molecule has 0 heterocycles. The average molecular weight is 164 g/mol. The molecule has 1 rings (SSSR count). The molecule has 0 aromatic heterocycles. The molecule has 0 saturated heterocycles. The third-order valence-electron chi connectivity index (χ3n) is 1.30. The van der Waals surface area contributed by atoms with Crippen LogP contribution in [0.3, 0.4) is 0 Å². The summed E-state index contributed by atoms with van der Waals surface area (Å²) < 4.78 is 0. The van der Waals surface area contributed by atoms with Gasteiger partial charge in [0.15, 0.2) is 0 Å². The third-order valence-corrected chi connectivity index (χ3v) is 1.69. The van der Waals surface area contributed by atoms with E-state index in [9.17, 15) is 4.79 Å². The summed E-state index contributed by atoms with van der Waals surface area (Å²) in [6.07, 6.45) is 4.03. The Morgan fingerprint density at radius 1 is 1.18 bits per heavy atom. The summed E-state index contributed by atoms with van der Waals surface area (Å²) in [4.78, 5) is 9.95. The van der Waals surface area contributed by atoms with E-state index in [0.29, 0.717) is 0 Å². The fraction of sp³-hybridized carbons (Fsp3) is 0. The molecule has 0 saturated carbocycles. The van der Waals surface area contributed by atoms with Crippen LogP contribution in [-0.4, -0.2) is 6.29 Å². The van der Waals surface area contributed by atoms with Crippen LogP contribution in [0.1, 0.15) is 5.56 Å². The first-order valence-electron chi connectivity index (χ1n) is 3.30. The molecule has 1 aromatic rings. The first-order valence-corrected chi connectivity index (χ1v) is 3.88. The minimum absolute atomic E-state index is 0.772. The second-order valence-corrected chi connectivity index (χ2v) is 2.83. The monoisotopic (exact) mass is 164 g/mol. The van der Waals surface area contributed by atoms with Gasteiger partial charge in [0.2, 0.25) is 0 Å². The van der Waals surface area contributed by atoms with Gasteiger partial charge in [-0.1, -0.05) is 30.3 Å². The maximum atomic E-state index is 9.95. The summed E-state index contributed by atoms with van der Waals surface area (Å²) in [6, 6.07) is 7.88. The van der Waals surface area contributed by atoms with Gasteiger partial charge in [-0.2, -0.15) is 0 Å². The Morgan fingerprint density at radius 2 is 1.82 bits per heavy atom. The van der Waals surface area contributed by atoms with Crippen LogP contribution in [0, 0.1) is 0 Å². The van der Waals surface area contributed by atoms with Gasteiger partial charge in [-0.05, 0) is 16.9 Å². The van der Waals surface area contributed by atoms with Crippen molar-refractivity contribution in [3.05, 3.63) is 35.9 Å². The fourth-order valence-electron chi connectivity index (χ4n) is 0.758. The summed E-state index contributed by atoms with van der Waals surface area (Å²) in [7, 11) is 2.61. The summed E-state index contributed by atoms with van der Waals surface area (Å²) in [6.45, 7) is 0. The standard InChI is InChI=1S/C9H9OP/c10-7-1-2-8-3-5-9(11)6-4-8/h1-7H,11H2/b2-1+. The zero-order valence-electron chi connectivity index (χ0n) is 6.03. The molecule has 1 atom stereocenters. The maximum Gasteiger partial charge on any atom is 0.142 e. The van der Waals surface area contributed by atoms with Crippen LogP contribution in [0.2, 0.25) is 0 Å². The van der Waals surface area contributed by atoms with Gasteiger partial charge >= 0.3 is 0 Å². The van der Waals surface area contributed by atoms with E-state index in [-0.39, 0.29) is 0 Å². The summed E-state index contributed by atoms with van der Waals surface area (Å²) >= 11 is 0. The predicted molar refractivity (Wildman–Crippen MR) is 50.9 cm³/mol. The average Bonchev–Trinajstić information content (AvgIpc) is 2.04. The molecule has 0 N–H and O–H groups in total. The minimum atomic E-state index is 0.772. The van der Waals surface area contributed by atoms with Crippen molar-refractivity contribution in [1.82, 2.24) is 0 Å². The lowest BCUT2D eigenvalue weighted by molar-refractivity contribution is -0.104. The van der Waals surface area contributed by atoms with Gasteiger partial charge in [0, 0.05) is 0 Å². The number of allylic oxidation sites excluding steroid dienone is 1. The summed E-state index contributed by atoms with van der Waals surface area (Å²) in [5.74, 6) is 0. The normalized spacial score (nSPS) is 10.3. The van der Waals surface area contributed by atoms with Crippen LogP contribution >= 0.6 is 9.24 Å². The Morgan fingerprint density at radius 3 is 2.36 bits per heavy atom. The largest absolute Gasteiger partial charge is 0.299 e. The molecule has 2 heteroatoms. The fourth-order valence-corrected chi connectivity index (χ4v) is 0.950. The molecule has 0 aliphatic rings. The number of hydrogen-bond donors (Lipinski definition) is 0. The predicted octanol–water partition coefficient (Wildman–Crippen LogP) is 1.40. The first-order chi connectivity index (χ1) is 5.33. The molecule has 1 unspecified atom stereocenters. The highest BCUT2D eigenvalue weighted by atomic mass is 31.0. The van der Waals surface area contributed by atoms with Crippen LogP contribution in [0.5, 0.6) is 0 Å². The Bertz CT molecular complexity index is 261. The molecular formula is C9H9OP. The lowest BCUT2D eigenvalue weighted by Gasteiger charge is -1.92. The van der Waals surface area contributed by atoms with E-state index in [0.717, 1.165) is 17.2 Å². The molecule has 11 heavy (non-hydrogen) atoms. The van der Waals surface area contributed by atoms with Crippen LogP contribution in [0.15, 0.2) is 30.3 Å². The number of rotatable bonds is 2. The Labute approximate surface area is 68.3 Å². The second-order valence-electron chi connectivity index (χ2n) is 2.16. The van der Waals surface area contributed by atoms with Gasteiger partial charge in [0.05, 0.1) is 0 Å². The Kier molecular flexibility index (Phi) is 3.00. The van der Waals surface area contributed by atoms with E-state index >= 15 is 0 Å². The zero-order chi connectivity index (χ0) is 8.10. The molecule has 0 aliphatic carbocycles. The van der Waals surface area contributed by atoms with Crippen LogP contribution in [-0.2, 0) is 4.79 Å². The van der Waals surface area contributed by atoms with E-state index in [1.807, 2.05) is 24.3 Å². The number of aldehydes is 1. The summed E-state index contributed by atoms with van der Waals surface area (Å²) in [5, 5.41) is 1.15. The highest BCUT2D eigenvalue weighted by molar-refractivity contribution is 7.27. The number of hydrogen-bond acceptors (Lipinski definition) is 1. The maximum absolute atomic E-state index is 9.95. The third kappa shape index (κ3) is 2.65. The molecule has 0 radical (unpaired) electrons. The molecule has 56 valence electrons. The SMILES string of the molecule is O=C/C=C/c1ccc(P)cc1. The number of benzene rings is 1. The quantitative estimate of drug-likeness (QED) is 0.367. The molecule has 0 amide bonds. The Balaban J connectivity index is 2.81. The van der Waals surface area contributed by atoms with E-state index in [2.05, 4.69) is 9.24 Å². The van der Waals surface area contributed by atoms with Gasteiger partial charge in [-0.3, -0.25) is 4.79 Å². The molecule has 1 aromatic carbocycles. The summed E-state index contributed by atoms with van der Waals surface area (Å²) in [5.41, 5.74) is 1.04. The van der Waals surface area contributed by atoms with Crippen LogP contribution in [0.4, 0.5) is 0 Å². The topological polar surface area (TPSA) is 17.1 Å². The Hall–Kier alpha value is -0.940. The van der Waals surface area contributed by atoms with Crippen molar-refractivity contribution < 1.29 is 4.79 Å². The van der Waals surface area contributed by atoms with E-state index in [1.165, 1.54) is 6.08 Å². The molecule has 0 spiro atoms. The molecule has 0 aliphatic heterocycles. The lowest BCUT2D eigenvalue weighted by Crippen LogP contribution is -1.86. The molecular weight excluding hydrogens is 155 g/mol. The van der Waals surface area contributed by atoms with Gasteiger partial charge in [0.1, 0.15) is 6.29 Å². The van der Waals surface area contributed by atoms with Gasteiger partial charge in [-0.25, -0.2) is 0 Å². The van der Waals surface area contributed by atoms with Gasteiger partial charge < -0.3 is 0 Å². The molecule has 0 bridgehead atoms. The zero-order valence-corrected chi connectivity index (χ0v) is 7.18. The van der Waals surface area contributed by atoms with E-state index in [4.69, 9.17) is 0 Å².